The van der Waals surface area contributed by atoms with Crippen molar-refractivity contribution in [1.82, 2.24) is 4.90 Å². The van der Waals surface area contributed by atoms with Gasteiger partial charge in [0.1, 0.15) is 12.3 Å². The summed E-state index contributed by atoms with van der Waals surface area (Å²) in [6, 6.07) is 12.7. The number of benzene rings is 2. The molecule has 0 bridgehead atoms. The first-order valence-electron chi connectivity index (χ1n) is 9.31. The number of rotatable bonds is 6. The number of imide groups is 1. The van der Waals surface area contributed by atoms with Crippen LogP contribution in [0.25, 0.3) is 6.08 Å². The average molecular weight is 489 g/mol. The number of para-hydroxylation sites is 1. The zero-order valence-electron chi connectivity index (χ0n) is 16.8. The number of halogens is 1. The minimum atomic E-state index is -0.483. The van der Waals surface area contributed by atoms with Crippen LogP contribution in [0.1, 0.15) is 25.0 Å². The molecular formula is C22H21BrN2O4S. The second-order valence-electron chi connectivity index (χ2n) is 6.99. The summed E-state index contributed by atoms with van der Waals surface area (Å²) in [6.07, 6.45) is 1.67. The highest BCUT2D eigenvalue weighted by Crippen LogP contribution is 2.34. The number of amides is 3. The van der Waals surface area contributed by atoms with Gasteiger partial charge in [0.15, 0.2) is 0 Å². The molecule has 0 aliphatic carbocycles. The topological polar surface area (TPSA) is 75.7 Å². The number of nitrogens with one attached hydrogen (secondary N) is 1. The zero-order valence-corrected chi connectivity index (χ0v) is 19.2. The summed E-state index contributed by atoms with van der Waals surface area (Å²) >= 11 is 4.28. The Morgan fingerprint density at radius 1 is 1.23 bits per heavy atom. The molecule has 0 spiro atoms. The van der Waals surface area contributed by atoms with Crippen LogP contribution in [0, 0.1) is 6.92 Å². The second kappa shape index (κ2) is 9.49. The van der Waals surface area contributed by atoms with E-state index in [0.717, 1.165) is 32.3 Å². The normalized spacial score (nSPS) is 15.2. The van der Waals surface area contributed by atoms with Gasteiger partial charge < -0.3 is 10.1 Å². The Balaban J connectivity index is 1.70. The van der Waals surface area contributed by atoms with E-state index in [4.69, 9.17) is 4.74 Å². The molecule has 2 aromatic rings. The van der Waals surface area contributed by atoms with Crippen molar-refractivity contribution >= 4 is 56.5 Å². The first kappa shape index (κ1) is 22.1. The van der Waals surface area contributed by atoms with E-state index in [1.807, 2.05) is 39.0 Å². The molecule has 156 valence electrons. The van der Waals surface area contributed by atoms with Gasteiger partial charge in [0, 0.05) is 5.69 Å². The van der Waals surface area contributed by atoms with Gasteiger partial charge in [-0.1, -0.05) is 24.3 Å². The molecule has 0 atom stereocenters. The quantitative estimate of drug-likeness (QED) is 0.564. The average Bonchev–Trinajstić information content (AvgIpc) is 2.93. The fourth-order valence-electron chi connectivity index (χ4n) is 2.79. The number of aryl methyl sites for hydroxylation is 1. The summed E-state index contributed by atoms with van der Waals surface area (Å²) < 4.78 is 6.43. The summed E-state index contributed by atoms with van der Waals surface area (Å²) in [7, 11) is 0. The lowest BCUT2D eigenvalue weighted by Crippen LogP contribution is -2.36. The molecule has 0 aromatic heterocycles. The third kappa shape index (κ3) is 5.31. The maximum Gasteiger partial charge on any atom is 0.294 e. The van der Waals surface area contributed by atoms with E-state index >= 15 is 0 Å². The summed E-state index contributed by atoms with van der Waals surface area (Å²) in [5.74, 6) is -0.211. The van der Waals surface area contributed by atoms with E-state index in [0.29, 0.717) is 11.4 Å². The van der Waals surface area contributed by atoms with E-state index in [1.165, 1.54) is 0 Å². The smallest absolute Gasteiger partial charge is 0.294 e. The summed E-state index contributed by atoms with van der Waals surface area (Å²) in [4.78, 5) is 38.5. The Labute approximate surface area is 187 Å². The van der Waals surface area contributed by atoms with Crippen LogP contribution in [-0.4, -0.2) is 34.6 Å². The Hall–Kier alpha value is -2.58. The van der Waals surface area contributed by atoms with Gasteiger partial charge in [-0.25, -0.2) is 0 Å². The van der Waals surface area contributed by atoms with Crippen LogP contribution in [0.4, 0.5) is 10.5 Å². The predicted molar refractivity (Wildman–Crippen MR) is 122 cm³/mol. The Morgan fingerprint density at radius 3 is 2.63 bits per heavy atom. The number of nitrogens with zero attached hydrogens (tertiary/aromatic N) is 1. The van der Waals surface area contributed by atoms with Crippen LogP contribution in [-0.2, 0) is 9.59 Å². The van der Waals surface area contributed by atoms with Crippen LogP contribution in [0.15, 0.2) is 51.8 Å². The Kier molecular flexibility index (Phi) is 6.99. The van der Waals surface area contributed by atoms with Gasteiger partial charge >= 0.3 is 0 Å². The van der Waals surface area contributed by atoms with E-state index in [-0.39, 0.29) is 17.6 Å². The van der Waals surface area contributed by atoms with Gasteiger partial charge in [-0.15, -0.1) is 0 Å². The maximum absolute atomic E-state index is 12.7. The number of ether oxygens (including phenoxy) is 1. The first-order valence-corrected chi connectivity index (χ1v) is 10.9. The molecule has 1 aliphatic heterocycles. The monoisotopic (exact) mass is 488 g/mol. The molecule has 0 radical (unpaired) electrons. The van der Waals surface area contributed by atoms with E-state index in [1.54, 1.807) is 30.3 Å². The number of carbonyl (C=O) groups excluding carboxylic acids is 3. The van der Waals surface area contributed by atoms with Gasteiger partial charge in [0.05, 0.1) is 15.5 Å². The van der Waals surface area contributed by atoms with Crippen LogP contribution in [0.5, 0.6) is 5.75 Å². The van der Waals surface area contributed by atoms with Crippen molar-refractivity contribution in [1.29, 1.82) is 0 Å². The van der Waals surface area contributed by atoms with E-state index < -0.39 is 17.1 Å². The minimum absolute atomic E-state index is 0.0365. The summed E-state index contributed by atoms with van der Waals surface area (Å²) in [5, 5.41) is 2.27. The number of hydrogen-bond acceptors (Lipinski definition) is 5. The third-order valence-electron chi connectivity index (χ3n) is 4.21. The van der Waals surface area contributed by atoms with E-state index in [9.17, 15) is 14.4 Å². The number of anilines is 1. The number of hydrogen-bond donors (Lipinski definition) is 1. The summed E-state index contributed by atoms with van der Waals surface area (Å²) in [6.45, 7) is 5.41. The maximum atomic E-state index is 12.7. The van der Waals surface area contributed by atoms with E-state index in [2.05, 4.69) is 21.2 Å². The van der Waals surface area contributed by atoms with Crippen molar-refractivity contribution in [3.63, 3.8) is 0 Å². The largest absolute Gasteiger partial charge is 0.490 e. The Bertz CT molecular complexity index is 1040. The second-order valence-corrected chi connectivity index (χ2v) is 8.83. The molecule has 1 aliphatic rings. The van der Waals surface area contributed by atoms with Crippen LogP contribution >= 0.6 is 27.7 Å². The standard InChI is InChI=1S/C22H21BrN2O4S/c1-13(2)29-18-9-8-15(10-16(18)23)11-19-21(27)25(22(28)30-19)12-20(26)24-17-7-5-4-6-14(17)3/h4-11,13H,12H2,1-3H3,(H,24,26)/b19-11-. The third-order valence-corrected chi connectivity index (χ3v) is 5.74. The molecule has 2 aromatic carbocycles. The van der Waals surface area contributed by atoms with Crippen molar-refractivity contribution in [3.05, 3.63) is 63.0 Å². The van der Waals surface area contributed by atoms with Crippen molar-refractivity contribution in [2.75, 3.05) is 11.9 Å². The fourth-order valence-corrected chi connectivity index (χ4v) is 4.12. The van der Waals surface area contributed by atoms with Gasteiger partial charge in [-0.3, -0.25) is 19.3 Å². The van der Waals surface area contributed by atoms with Crippen molar-refractivity contribution in [2.24, 2.45) is 0 Å². The predicted octanol–water partition coefficient (Wildman–Crippen LogP) is 5.22. The lowest BCUT2D eigenvalue weighted by atomic mass is 10.2. The number of carbonyl (C=O) groups is 3. The molecule has 3 amide bonds. The highest BCUT2D eigenvalue weighted by molar-refractivity contribution is 9.10. The number of thioether (sulfide) groups is 1. The van der Waals surface area contributed by atoms with Crippen LogP contribution < -0.4 is 10.1 Å². The first-order chi connectivity index (χ1) is 14.2. The molecule has 1 N–H and O–H groups in total. The molecule has 8 heteroatoms. The van der Waals surface area contributed by atoms with Crippen molar-refractivity contribution < 1.29 is 19.1 Å². The molecule has 6 nitrogen and oxygen atoms in total. The fraction of sp³-hybridized carbons (Fsp3) is 0.227. The SMILES string of the molecule is Cc1ccccc1NC(=O)CN1C(=O)S/C(=C\c2ccc(OC(C)C)c(Br)c2)C1=O. The van der Waals surface area contributed by atoms with Crippen molar-refractivity contribution in [2.45, 2.75) is 26.9 Å². The van der Waals surface area contributed by atoms with Gasteiger partial charge in [0.25, 0.3) is 11.1 Å². The molecule has 30 heavy (non-hydrogen) atoms. The molecule has 1 saturated heterocycles. The lowest BCUT2D eigenvalue weighted by molar-refractivity contribution is -0.127. The highest BCUT2D eigenvalue weighted by atomic mass is 79.9. The lowest BCUT2D eigenvalue weighted by Gasteiger charge is -2.13. The van der Waals surface area contributed by atoms with Gasteiger partial charge in [-0.05, 0) is 83.9 Å². The molecule has 0 unspecified atom stereocenters. The van der Waals surface area contributed by atoms with Gasteiger partial charge in [-0.2, -0.15) is 0 Å². The molecule has 1 fully saturated rings. The molecular weight excluding hydrogens is 468 g/mol. The minimum Gasteiger partial charge on any atom is -0.490 e. The summed E-state index contributed by atoms with van der Waals surface area (Å²) in [5.41, 5.74) is 2.29. The van der Waals surface area contributed by atoms with Crippen LogP contribution in [0.2, 0.25) is 0 Å². The molecule has 3 rings (SSSR count). The highest BCUT2D eigenvalue weighted by Gasteiger charge is 2.36. The molecule has 0 saturated carbocycles. The van der Waals surface area contributed by atoms with Crippen LogP contribution in [0.3, 0.4) is 0 Å². The molecule has 1 heterocycles. The zero-order chi connectivity index (χ0) is 21.8. The van der Waals surface area contributed by atoms with Crippen molar-refractivity contribution in [3.8, 4) is 5.75 Å². The Morgan fingerprint density at radius 2 is 1.97 bits per heavy atom. The van der Waals surface area contributed by atoms with Gasteiger partial charge in [0.2, 0.25) is 5.91 Å².